The molecule has 0 saturated carbocycles. The lowest BCUT2D eigenvalue weighted by Gasteiger charge is -2.30. The van der Waals surface area contributed by atoms with Crippen molar-refractivity contribution in [3.8, 4) is 11.5 Å². The first-order valence-electron chi connectivity index (χ1n) is 26.4. The maximum atomic E-state index is 14.1. The molecule has 4 rings (SSSR count). The molecule has 2 aromatic rings. The summed E-state index contributed by atoms with van der Waals surface area (Å²) in [4.78, 5) is 173. The number of carbonyl (C=O) groups is 13. The first kappa shape index (κ1) is 65.6. The van der Waals surface area contributed by atoms with Crippen molar-refractivity contribution >= 4 is 76.9 Å². The summed E-state index contributed by atoms with van der Waals surface area (Å²) < 4.78 is 0. The zero-order chi connectivity index (χ0) is 61.0. The first-order chi connectivity index (χ1) is 38.7. The molecule has 2 aromatic carbocycles. The number of rotatable bonds is 30. The average Bonchev–Trinajstić information content (AvgIpc) is 4.15. The van der Waals surface area contributed by atoms with Crippen LogP contribution in [0.2, 0.25) is 0 Å². The van der Waals surface area contributed by atoms with Crippen LogP contribution in [-0.2, 0) is 75.2 Å². The van der Waals surface area contributed by atoms with Gasteiger partial charge in [0.05, 0.1) is 32.5 Å². The van der Waals surface area contributed by atoms with Crippen molar-refractivity contribution in [2.75, 3.05) is 32.8 Å². The second-order valence-electron chi connectivity index (χ2n) is 20.4. The smallest absolute Gasteiger partial charge is 0.328 e. The van der Waals surface area contributed by atoms with E-state index in [1.807, 2.05) is 0 Å². The van der Waals surface area contributed by atoms with E-state index in [0.717, 1.165) is 4.90 Å². The molecule has 2 saturated heterocycles. The summed E-state index contributed by atoms with van der Waals surface area (Å²) in [6.07, 6.45) is -0.395. The van der Waals surface area contributed by atoms with E-state index in [1.165, 1.54) is 60.4 Å². The van der Waals surface area contributed by atoms with Crippen LogP contribution < -0.4 is 59.7 Å². The molecule has 2 fully saturated rings. The number of hydrogen-bond acceptors (Lipinski definition) is 16. The predicted octanol–water partition coefficient (Wildman–Crippen LogP) is -6.49. The lowest BCUT2D eigenvalue weighted by atomic mass is 10.0. The van der Waals surface area contributed by atoms with Crippen molar-refractivity contribution in [1.82, 2.24) is 52.3 Å². The van der Waals surface area contributed by atoms with Gasteiger partial charge in [-0.3, -0.25) is 57.5 Å². The molecule has 0 radical (unpaired) electrons. The van der Waals surface area contributed by atoms with E-state index in [-0.39, 0.29) is 75.5 Å². The number of nitrogens with zero attached hydrogens (tertiary/aromatic N) is 2. The fourth-order valence-corrected chi connectivity index (χ4v) is 9.10. The number of phenolic OH excluding ortho intramolecular Hbond substituents is 2. The molecular formula is C52H74N13O17+. The Labute approximate surface area is 470 Å². The van der Waals surface area contributed by atoms with Gasteiger partial charge in [-0.25, -0.2) is 4.79 Å². The van der Waals surface area contributed by atoms with Gasteiger partial charge >= 0.3 is 5.97 Å². The molecular weight excluding hydrogens is 1080 g/mol. The van der Waals surface area contributed by atoms with Gasteiger partial charge < -0.3 is 90.0 Å². The van der Waals surface area contributed by atoms with E-state index in [4.69, 9.17) is 11.5 Å². The van der Waals surface area contributed by atoms with Crippen molar-refractivity contribution in [3.63, 3.8) is 0 Å². The number of primary amides is 2. The third-order valence-corrected chi connectivity index (χ3v) is 13.3. The van der Waals surface area contributed by atoms with Gasteiger partial charge in [0, 0.05) is 25.9 Å². The quantitative estimate of drug-likeness (QED) is 0.0346. The number of likely N-dealkylation sites (tertiary alicyclic amines) is 2. The molecule has 0 aromatic heterocycles. The normalized spacial score (nSPS) is 17.3. The highest BCUT2D eigenvalue weighted by atomic mass is 16.4. The van der Waals surface area contributed by atoms with E-state index in [9.17, 15) is 82.8 Å². The number of quaternary nitrogens is 1. The summed E-state index contributed by atoms with van der Waals surface area (Å²) in [5.41, 5.74) is 15.2. The Bertz CT molecular complexity index is 2670. The van der Waals surface area contributed by atoms with Gasteiger partial charge in [-0.15, -0.1) is 0 Å². The van der Waals surface area contributed by atoms with E-state index in [1.54, 1.807) is 13.8 Å². The molecule has 30 heteroatoms. The topological polar surface area (TPSA) is 485 Å². The van der Waals surface area contributed by atoms with Crippen molar-refractivity contribution in [2.45, 2.75) is 133 Å². The second kappa shape index (κ2) is 31.2. The van der Waals surface area contributed by atoms with Crippen LogP contribution in [0.15, 0.2) is 48.5 Å². The summed E-state index contributed by atoms with van der Waals surface area (Å²) >= 11 is 0. The molecule has 0 aliphatic carbocycles. The maximum Gasteiger partial charge on any atom is 0.328 e. The minimum absolute atomic E-state index is 0.0482. The highest BCUT2D eigenvalue weighted by Gasteiger charge is 2.41. The summed E-state index contributed by atoms with van der Waals surface area (Å²) in [7, 11) is 0. The number of phenols is 2. The van der Waals surface area contributed by atoms with E-state index in [0.29, 0.717) is 17.5 Å². The molecule has 2 aliphatic rings. The van der Waals surface area contributed by atoms with Gasteiger partial charge in [-0.05, 0) is 80.3 Å². The van der Waals surface area contributed by atoms with Crippen LogP contribution in [0.1, 0.15) is 76.8 Å². The first-order valence-corrected chi connectivity index (χ1v) is 26.4. The molecule has 82 heavy (non-hydrogen) atoms. The SMILES string of the molecule is CC(C)C[C@H](NC(=O)CNC(=O)[C@@H]1CCCN1C(=O)[C@@H]([NH3+])CC(N)=O)C(=O)N[C@@H](C)C(=O)N[C@@H](Cc1ccc(O)cc1)C(=O)NCC(=O)N[C@@H](CC(N)=O)C(=O)N1CCC[C@H]1C(=O)N[C@@H](Cc1ccc(O)cc1)C(=O)N[C@@H](CO)C(=O)O. The highest BCUT2D eigenvalue weighted by Crippen LogP contribution is 2.22. The summed E-state index contributed by atoms with van der Waals surface area (Å²) in [6, 6.07) is -1.06. The van der Waals surface area contributed by atoms with Gasteiger partial charge in [0.1, 0.15) is 59.8 Å². The largest absolute Gasteiger partial charge is 0.508 e. The number of amides is 12. The number of carboxylic acids is 1. The van der Waals surface area contributed by atoms with Crippen LogP contribution in [0.3, 0.4) is 0 Å². The molecule has 0 bridgehead atoms. The van der Waals surface area contributed by atoms with Crippen molar-refractivity contribution in [3.05, 3.63) is 59.7 Å². The number of benzene rings is 2. The van der Waals surface area contributed by atoms with Crippen LogP contribution in [-0.4, -0.2) is 194 Å². The number of nitrogens with two attached hydrogens (primary N) is 2. The van der Waals surface area contributed by atoms with Gasteiger partial charge in [0.15, 0.2) is 6.04 Å². The third-order valence-electron chi connectivity index (χ3n) is 13.3. The monoisotopic (exact) mass is 1150 g/mol. The Kier molecular flexibility index (Phi) is 24.9. The average molecular weight is 1150 g/mol. The van der Waals surface area contributed by atoms with Crippen molar-refractivity contribution < 1.29 is 88.5 Å². The molecule has 9 atom stereocenters. The highest BCUT2D eigenvalue weighted by molar-refractivity contribution is 5.99. The zero-order valence-corrected chi connectivity index (χ0v) is 45.6. The Balaban J connectivity index is 1.41. The number of hydrogen-bond donors (Lipinski definition) is 15. The third kappa shape index (κ3) is 20.3. The summed E-state index contributed by atoms with van der Waals surface area (Å²) in [6.45, 7) is 2.59. The van der Waals surface area contributed by atoms with E-state index < -0.39 is 157 Å². The minimum Gasteiger partial charge on any atom is -0.508 e. The number of nitrogens with one attached hydrogen (secondary N) is 8. The van der Waals surface area contributed by atoms with Crippen molar-refractivity contribution in [2.24, 2.45) is 17.4 Å². The van der Waals surface area contributed by atoms with E-state index >= 15 is 0 Å². The standard InChI is InChI=1S/C52H73N13O17/c1-26(2)18-33(59-42(71)24-57-48(77)38-6-4-16-64(38)50(79)32(53)21-40(54)69)46(75)58-27(3)44(73)61-34(19-28-8-12-30(67)13-9-28)45(74)56-23-43(72)60-36(22-41(55)70)51(80)65-17-5-7-39(65)49(78)62-35(20-29-10-14-31(68)15-11-29)47(76)63-37(25-66)52(81)82/h8-15,26-27,32-39,66-68H,4-7,16-25,53H2,1-3H3,(H2,54,69)(H2,55,70)(H,56,74)(H,57,77)(H,58,75)(H,59,71)(H,60,72)(H,61,73)(H,62,78)(H,63,76)(H,81,82)/p+1/t27-,32-,33-,34-,35-,36-,37-,38-,39-/m0/s1. The fourth-order valence-electron chi connectivity index (χ4n) is 9.10. The zero-order valence-electron chi connectivity index (χ0n) is 45.6. The van der Waals surface area contributed by atoms with E-state index in [2.05, 4.69) is 48.3 Å². The van der Waals surface area contributed by atoms with Crippen LogP contribution >= 0.6 is 0 Å². The summed E-state index contributed by atoms with van der Waals surface area (Å²) in [5.74, 6) is -12.2. The lowest BCUT2D eigenvalue weighted by molar-refractivity contribution is -0.404. The van der Waals surface area contributed by atoms with Crippen LogP contribution in [0.4, 0.5) is 0 Å². The van der Waals surface area contributed by atoms with Gasteiger partial charge in [-0.2, -0.15) is 0 Å². The Morgan fingerprint density at radius 1 is 0.561 bits per heavy atom. The molecule has 0 spiro atoms. The predicted molar refractivity (Wildman–Crippen MR) is 285 cm³/mol. The van der Waals surface area contributed by atoms with Crippen LogP contribution in [0.5, 0.6) is 11.5 Å². The van der Waals surface area contributed by atoms with Crippen LogP contribution in [0, 0.1) is 5.92 Å². The molecule has 12 amide bonds. The molecule has 2 heterocycles. The summed E-state index contributed by atoms with van der Waals surface area (Å²) in [5, 5.41) is 58.0. The molecule has 0 unspecified atom stereocenters. The second-order valence-corrected chi connectivity index (χ2v) is 20.4. The molecule has 19 N–H and O–H groups in total. The Hall–Kier alpha value is -8.93. The van der Waals surface area contributed by atoms with Crippen LogP contribution in [0.25, 0.3) is 0 Å². The Morgan fingerprint density at radius 2 is 1.02 bits per heavy atom. The Morgan fingerprint density at radius 3 is 1.52 bits per heavy atom. The fraction of sp³-hybridized carbons (Fsp3) is 0.519. The van der Waals surface area contributed by atoms with Gasteiger partial charge in [0.2, 0.25) is 65.0 Å². The number of aliphatic carboxylic acids is 1. The van der Waals surface area contributed by atoms with Crippen molar-refractivity contribution in [1.29, 1.82) is 0 Å². The maximum absolute atomic E-state index is 14.1. The number of carbonyl (C=O) groups excluding carboxylic acids is 12. The number of aliphatic hydroxyl groups excluding tert-OH is 1. The number of carboxylic acid groups (broad SMARTS) is 1. The molecule has 448 valence electrons. The minimum atomic E-state index is -1.73. The lowest BCUT2D eigenvalue weighted by Crippen LogP contribution is -2.69. The number of aromatic hydroxyl groups is 2. The molecule has 30 nitrogen and oxygen atoms in total. The number of aliphatic hydroxyl groups is 1. The van der Waals surface area contributed by atoms with Gasteiger partial charge in [0.25, 0.3) is 5.91 Å². The van der Waals surface area contributed by atoms with Gasteiger partial charge in [-0.1, -0.05) is 38.1 Å². The molecule has 2 aliphatic heterocycles.